The molecule has 0 amide bonds. The van der Waals surface area contributed by atoms with Gasteiger partial charge in [-0.25, -0.2) is 9.78 Å². The van der Waals surface area contributed by atoms with E-state index in [1.54, 1.807) is 31.2 Å². The number of nitrogens with zero attached hydrogens (tertiary/aromatic N) is 1. The summed E-state index contributed by atoms with van der Waals surface area (Å²) in [6, 6.07) is 10.4. The minimum Gasteiger partial charge on any atom is -0.478 e. The number of hydrogen-bond donors (Lipinski definition) is 1. The highest BCUT2D eigenvalue weighted by Crippen LogP contribution is 2.28. The molecule has 18 heavy (non-hydrogen) atoms. The maximum Gasteiger partial charge on any atom is 0.335 e. The summed E-state index contributed by atoms with van der Waals surface area (Å²) >= 11 is 7.21. The molecule has 2 aromatic rings. The molecule has 0 spiro atoms. The fourth-order valence-electron chi connectivity index (χ4n) is 1.44. The average molecular weight is 280 g/mol. The predicted octanol–water partition coefficient (Wildman–Crippen LogP) is 3.89. The van der Waals surface area contributed by atoms with Crippen LogP contribution >= 0.6 is 23.4 Å². The number of aromatic nitrogens is 1. The molecule has 1 aromatic heterocycles. The van der Waals surface area contributed by atoms with Crippen molar-refractivity contribution in [1.29, 1.82) is 0 Å². The highest BCUT2D eigenvalue weighted by atomic mass is 35.5. The third-order valence-corrected chi connectivity index (χ3v) is 3.39. The number of benzene rings is 1. The average Bonchev–Trinajstić information content (AvgIpc) is 2.31. The number of aryl methyl sites for hydroxylation is 1. The second-order valence-corrected chi connectivity index (χ2v) is 5.23. The molecule has 0 aliphatic heterocycles. The molecule has 1 N–H and O–H groups in total. The Morgan fingerprint density at radius 3 is 2.56 bits per heavy atom. The van der Waals surface area contributed by atoms with Gasteiger partial charge >= 0.3 is 5.97 Å². The van der Waals surface area contributed by atoms with Gasteiger partial charge in [-0.2, -0.15) is 0 Å². The van der Waals surface area contributed by atoms with Gasteiger partial charge in [0.25, 0.3) is 0 Å². The Morgan fingerprint density at radius 1 is 1.28 bits per heavy atom. The fourth-order valence-corrected chi connectivity index (χ4v) is 2.45. The summed E-state index contributed by atoms with van der Waals surface area (Å²) in [6.07, 6.45) is 0. The van der Waals surface area contributed by atoms with Gasteiger partial charge in [-0.05, 0) is 43.3 Å². The quantitative estimate of drug-likeness (QED) is 0.926. The van der Waals surface area contributed by atoms with Crippen molar-refractivity contribution in [3.05, 3.63) is 52.7 Å². The minimum absolute atomic E-state index is 0.249. The smallest absolute Gasteiger partial charge is 0.335 e. The number of aromatic carboxylic acids is 1. The number of rotatable bonds is 3. The Balaban J connectivity index is 2.28. The van der Waals surface area contributed by atoms with Crippen molar-refractivity contribution >= 4 is 29.3 Å². The first-order valence-corrected chi connectivity index (χ1v) is 6.39. The monoisotopic (exact) mass is 279 g/mol. The highest BCUT2D eigenvalue weighted by Gasteiger charge is 2.07. The lowest BCUT2D eigenvalue weighted by molar-refractivity contribution is 0.0696. The number of halogens is 1. The van der Waals surface area contributed by atoms with Crippen LogP contribution in [0.5, 0.6) is 0 Å². The first kappa shape index (κ1) is 12.9. The van der Waals surface area contributed by atoms with E-state index in [9.17, 15) is 4.79 Å². The number of carboxylic acid groups (broad SMARTS) is 1. The molecule has 0 bridgehead atoms. The summed E-state index contributed by atoms with van der Waals surface area (Å²) in [5.74, 6) is -0.946. The van der Waals surface area contributed by atoms with Gasteiger partial charge < -0.3 is 5.11 Å². The Kier molecular flexibility index (Phi) is 3.89. The van der Waals surface area contributed by atoms with E-state index in [-0.39, 0.29) is 5.56 Å². The SMILES string of the molecule is Cc1cc(C(=O)O)cc(Sc2ccc(Cl)cc2)n1. The molecule has 5 heteroatoms. The lowest BCUT2D eigenvalue weighted by Gasteiger charge is -2.04. The van der Waals surface area contributed by atoms with Gasteiger partial charge in [-0.15, -0.1) is 0 Å². The van der Waals surface area contributed by atoms with Crippen LogP contribution in [0, 0.1) is 6.92 Å². The van der Waals surface area contributed by atoms with Crippen molar-refractivity contribution in [2.45, 2.75) is 16.8 Å². The summed E-state index contributed by atoms with van der Waals surface area (Å²) in [7, 11) is 0. The van der Waals surface area contributed by atoms with E-state index < -0.39 is 5.97 Å². The first-order chi connectivity index (χ1) is 8.54. The first-order valence-electron chi connectivity index (χ1n) is 5.20. The van der Waals surface area contributed by atoms with Crippen molar-refractivity contribution in [3.8, 4) is 0 Å². The Bertz CT molecular complexity index is 584. The Labute approximate surface area is 114 Å². The third-order valence-electron chi connectivity index (χ3n) is 2.21. The second kappa shape index (κ2) is 5.42. The lowest BCUT2D eigenvalue weighted by Crippen LogP contribution is -1.98. The normalized spacial score (nSPS) is 10.3. The van der Waals surface area contributed by atoms with Crippen molar-refractivity contribution in [1.82, 2.24) is 4.98 Å². The van der Waals surface area contributed by atoms with E-state index in [1.807, 2.05) is 12.1 Å². The van der Waals surface area contributed by atoms with Gasteiger partial charge in [0.2, 0.25) is 0 Å². The van der Waals surface area contributed by atoms with Crippen LogP contribution in [0.4, 0.5) is 0 Å². The van der Waals surface area contributed by atoms with Crippen LogP contribution in [0.15, 0.2) is 46.3 Å². The summed E-state index contributed by atoms with van der Waals surface area (Å²) < 4.78 is 0. The zero-order valence-corrected chi connectivity index (χ0v) is 11.1. The van der Waals surface area contributed by atoms with Gasteiger partial charge in [-0.1, -0.05) is 23.4 Å². The Morgan fingerprint density at radius 2 is 1.94 bits per heavy atom. The Hall–Kier alpha value is -1.52. The molecule has 0 atom stereocenters. The molecule has 2 rings (SSSR count). The molecule has 3 nitrogen and oxygen atoms in total. The summed E-state index contributed by atoms with van der Waals surface area (Å²) in [5, 5.41) is 10.3. The van der Waals surface area contributed by atoms with E-state index in [2.05, 4.69) is 4.98 Å². The molecular formula is C13H10ClNO2S. The van der Waals surface area contributed by atoms with E-state index in [4.69, 9.17) is 16.7 Å². The minimum atomic E-state index is -0.946. The van der Waals surface area contributed by atoms with Crippen LogP contribution in [0.3, 0.4) is 0 Å². The fraction of sp³-hybridized carbons (Fsp3) is 0.0769. The van der Waals surface area contributed by atoms with E-state index >= 15 is 0 Å². The standard InChI is InChI=1S/C13H10ClNO2S/c1-8-6-9(13(16)17)7-12(15-8)18-11-4-2-10(14)3-5-11/h2-7H,1H3,(H,16,17). The molecule has 1 aromatic carbocycles. The van der Waals surface area contributed by atoms with E-state index in [0.717, 1.165) is 4.90 Å². The molecule has 0 saturated heterocycles. The van der Waals surface area contributed by atoms with Crippen molar-refractivity contribution in [3.63, 3.8) is 0 Å². The summed E-state index contributed by atoms with van der Waals surface area (Å²) in [6.45, 7) is 1.78. The van der Waals surface area contributed by atoms with Crippen LogP contribution in [0.2, 0.25) is 5.02 Å². The molecule has 0 radical (unpaired) electrons. The van der Waals surface area contributed by atoms with Crippen molar-refractivity contribution in [2.75, 3.05) is 0 Å². The van der Waals surface area contributed by atoms with Crippen LogP contribution in [0.25, 0.3) is 0 Å². The zero-order chi connectivity index (χ0) is 13.1. The lowest BCUT2D eigenvalue weighted by atomic mass is 10.2. The molecule has 0 saturated carbocycles. The molecule has 92 valence electrons. The maximum absolute atomic E-state index is 10.9. The van der Waals surface area contributed by atoms with E-state index in [1.165, 1.54) is 11.8 Å². The topological polar surface area (TPSA) is 50.2 Å². The molecule has 0 aliphatic rings. The van der Waals surface area contributed by atoms with Crippen LogP contribution in [-0.2, 0) is 0 Å². The zero-order valence-electron chi connectivity index (χ0n) is 9.55. The largest absolute Gasteiger partial charge is 0.478 e. The third kappa shape index (κ3) is 3.24. The molecule has 0 unspecified atom stereocenters. The number of hydrogen-bond acceptors (Lipinski definition) is 3. The van der Waals surface area contributed by atoms with Crippen LogP contribution in [-0.4, -0.2) is 16.1 Å². The predicted molar refractivity (Wildman–Crippen MR) is 71.5 cm³/mol. The number of carbonyl (C=O) groups is 1. The molecular weight excluding hydrogens is 270 g/mol. The van der Waals surface area contributed by atoms with Gasteiger partial charge in [0.1, 0.15) is 5.03 Å². The van der Waals surface area contributed by atoms with Gasteiger partial charge in [0.15, 0.2) is 0 Å². The molecule has 0 aliphatic carbocycles. The van der Waals surface area contributed by atoms with Crippen LogP contribution < -0.4 is 0 Å². The van der Waals surface area contributed by atoms with Gasteiger partial charge in [0.05, 0.1) is 5.56 Å². The maximum atomic E-state index is 10.9. The summed E-state index contributed by atoms with van der Waals surface area (Å²) in [4.78, 5) is 16.2. The van der Waals surface area contributed by atoms with Crippen molar-refractivity contribution in [2.24, 2.45) is 0 Å². The van der Waals surface area contributed by atoms with Gasteiger partial charge in [0, 0.05) is 15.6 Å². The molecule has 0 fully saturated rings. The summed E-state index contributed by atoms with van der Waals surface area (Å²) in [5.41, 5.74) is 0.935. The molecule has 1 heterocycles. The second-order valence-electron chi connectivity index (χ2n) is 3.70. The number of carboxylic acids is 1. The van der Waals surface area contributed by atoms with Gasteiger partial charge in [-0.3, -0.25) is 0 Å². The van der Waals surface area contributed by atoms with Crippen molar-refractivity contribution < 1.29 is 9.90 Å². The number of pyridine rings is 1. The highest BCUT2D eigenvalue weighted by molar-refractivity contribution is 7.99. The van der Waals surface area contributed by atoms with Crippen LogP contribution in [0.1, 0.15) is 16.1 Å². The van der Waals surface area contributed by atoms with E-state index in [0.29, 0.717) is 15.7 Å².